The van der Waals surface area contributed by atoms with Crippen molar-refractivity contribution in [2.24, 2.45) is 0 Å². The molecule has 0 aromatic heterocycles. The second kappa shape index (κ2) is 8.39. The van der Waals surface area contributed by atoms with E-state index in [9.17, 15) is 4.79 Å². The fourth-order valence-corrected chi connectivity index (χ4v) is 1.90. The van der Waals surface area contributed by atoms with Crippen LogP contribution in [0, 0.1) is 0 Å². The lowest BCUT2D eigenvalue weighted by Crippen LogP contribution is -2.35. The van der Waals surface area contributed by atoms with Gasteiger partial charge in [0.2, 0.25) is 0 Å². The molecule has 0 fully saturated rings. The zero-order valence-corrected chi connectivity index (χ0v) is 12.1. The number of benzene rings is 1. The van der Waals surface area contributed by atoms with Gasteiger partial charge in [-0.25, -0.2) is 0 Å². The van der Waals surface area contributed by atoms with Crippen LogP contribution in [0.2, 0.25) is 0 Å². The van der Waals surface area contributed by atoms with Crippen LogP contribution in [0.1, 0.15) is 16.8 Å². The average Bonchev–Trinajstić information content (AvgIpc) is 2.41. The van der Waals surface area contributed by atoms with E-state index in [1.165, 1.54) is 0 Å². The maximum Gasteiger partial charge on any atom is 0.254 e. The predicted molar refractivity (Wildman–Crippen MR) is 79.5 cm³/mol. The van der Waals surface area contributed by atoms with Gasteiger partial charge in [0.1, 0.15) is 0 Å². The monoisotopic (exact) mass is 281 g/mol. The Morgan fingerprint density at radius 3 is 2.20 bits per heavy atom. The highest BCUT2D eigenvalue weighted by atomic mass is 16.5. The van der Waals surface area contributed by atoms with Crippen LogP contribution in [0.25, 0.3) is 0 Å². The number of carbonyl (C=O) groups excluding carboxylic acids is 1. The molecule has 1 aromatic rings. The maximum atomic E-state index is 12.5. The van der Waals surface area contributed by atoms with Crippen LogP contribution in [0.4, 0.5) is 11.4 Å². The normalized spacial score (nSPS) is 10.5. The lowest BCUT2D eigenvalue weighted by atomic mass is 10.1. The van der Waals surface area contributed by atoms with Gasteiger partial charge in [0.05, 0.1) is 6.61 Å². The molecule has 1 rings (SSSR count). The summed E-state index contributed by atoms with van der Waals surface area (Å²) >= 11 is 0. The van der Waals surface area contributed by atoms with Gasteiger partial charge in [-0.2, -0.15) is 0 Å². The second-order valence-corrected chi connectivity index (χ2v) is 4.52. The van der Waals surface area contributed by atoms with E-state index in [2.05, 4.69) is 0 Å². The lowest BCUT2D eigenvalue weighted by Gasteiger charge is -2.22. The molecular weight excluding hydrogens is 258 g/mol. The van der Waals surface area contributed by atoms with E-state index in [1.54, 1.807) is 37.3 Å². The van der Waals surface area contributed by atoms with Crippen molar-refractivity contribution in [3.8, 4) is 0 Å². The van der Waals surface area contributed by atoms with Gasteiger partial charge in [-0.15, -0.1) is 0 Å². The summed E-state index contributed by atoms with van der Waals surface area (Å²) in [6, 6.07) is 4.89. The Kier molecular flexibility index (Phi) is 6.83. The molecule has 0 saturated heterocycles. The molecule has 1 aromatic carbocycles. The van der Waals surface area contributed by atoms with Crippen LogP contribution in [0.3, 0.4) is 0 Å². The minimum Gasteiger partial charge on any atom is -0.399 e. The Hall–Kier alpha value is -1.79. The third-order valence-electron chi connectivity index (χ3n) is 2.85. The Balaban J connectivity index is 2.79. The molecule has 0 aliphatic carbocycles. The number of nitrogens with two attached hydrogens (primary N) is 2. The Morgan fingerprint density at radius 2 is 1.65 bits per heavy atom. The highest BCUT2D eigenvalue weighted by molar-refractivity contribution is 5.96. The molecule has 6 heteroatoms. The van der Waals surface area contributed by atoms with E-state index in [-0.39, 0.29) is 5.91 Å². The van der Waals surface area contributed by atoms with Gasteiger partial charge in [-0.3, -0.25) is 4.79 Å². The highest BCUT2D eigenvalue weighted by Gasteiger charge is 2.16. The zero-order chi connectivity index (χ0) is 15.0. The standard InChI is InChI=1S/C14H23N3O3/c1-19-6-3-4-17(5-7-20-2)14(18)11-8-12(15)10-13(16)9-11/h8-10H,3-7,15-16H2,1-2H3. The molecule has 6 nitrogen and oxygen atoms in total. The highest BCUT2D eigenvalue weighted by Crippen LogP contribution is 2.15. The summed E-state index contributed by atoms with van der Waals surface area (Å²) in [6.07, 6.45) is 0.768. The Bertz CT molecular complexity index is 417. The zero-order valence-electron chi connectivity index (χ0n) is 12.1. The van der Waals surface area contributed by atoms with Crippen LogP contribution < -0.4 is 11.5 Å². The van der Waals surface area contributed by atoms with Gasteiger partial charge < -0.3 is 25.8 Å². The first-order valence-electron chi connectivity index (χ1n) is 6.51. The van der Waals surface area contributed by atoms with Crippen molar-refractivity contribution in [2.75, 3.05) is 52.0 Å². The van der Waals surface area contributed by atoms with Crippen molar-refractivity contribution in [1.29, 1.82) is 0 Å². The molecule has 4 N–H and O–H groups in total. The minimum absolute atomic E-state index is 0.0999. The third kappa shape index (κ3) is 5.07. The molecule has 0 unspecified atom stereocenters. The van der Waals surface area contributed by atoms with Gasteiger partial charge in [0.15, 0.2) is 0 Å². The summed E-state index contributed by atoms with van der Waals surface area (Å²) in [4.78, 5) is 14.2. The molecule has 1 amide bonds. The summed E-state index contributed by atoms with van der Waals surface area (Å²) in [6.45, 7) is 2.21. The van der Waals surface area contributed by atoms with Crippen LogP contribution in [-0.2, 0) is 9.47 Å². The average molecular weight is 281 g/mol. The van der Waals surface area contributed by atoms with E-state index >= 15 is 0 Å². The number of methoxy groups -OCH3 is 2. The van der Waals surface area contributed by atoms with Crippen molar-refractivity contribution >= 4 is 17.3 Å². The van der Waals surface area contributed by atoms with Crippen LogP contribution in [0.5, 0.6) is 0 Å². The summed E-state index contributed by atoms with van der Waals surface area (Å²) in [5, 5.41) is 0. The molecule has 112 valence electrons. The predicted octanol–water partition coefficient (Wildman–Crippen LogP) is 0.976. The molecule has 0 radical (unpaired) electrons. The second-order valence-electron chi connectivity index (χ2n) is 4.52. The number of rotatable bonds is 8. The number of nitrogens with zero attached hydrogens (tertiary/aromatic N) is 1. The molecule has 0 saturated carbocycles. The molecule has 0 aliphatic heterocycles. The molecule has 0 aliphatic rings. The largest absolute Gasteiger partial charge is 0.399 e. The molecule has 20 heavy (non-hydrogen) atoms. The number of nitrogen functional groups attached to an aromatic ring is 2. The number of hydrogen-bond acceptors (Lipinski definition) is 5. The number of ether oxygens (including phenoxy) is 2. The fraction of sp³-hybridized carbons (Fsp3) is 0.500. The van der Waals surface area contributed by atoms with E-state index in [0.29, 0.717) is 43.2 Å². The first-order chi connectivity index (χ1) is 9.58. The molecule has 0 spiro atoms. The summed E-state index contributed by atoms with van der Waals surface area (Å²) in [5.74, 6) is -0.0999. The lowest BCUT2D eigenvalue weighted by molar-refractivity contribution is 0.0674. The minimum atomic E-state index is -0.0999. The fourth-order valence-electron chi connectivity index (χ4n) is 1.90. The first kappa shape index (κ1) is 16.3. The van der Waals surface area contributed by atoms with E-state index in [1.807, 2.05) is 0 Å². The molecule has 0 atom stereocenters. The smallest absolute Gasteiger partial charge is 0.254 e. The number of amides is 1. The van der Waals surface area contributed by atoms with Crippen LogP contribution in [-0.4, -0.2) is 51.3 Å². The quantitative estimate of drug-likeness (QED) is 0.547. The van der Waals surface area contributed by atoms with Crippen molar-refractivity contribution in [3.05, 3.63) is 23.8 Å². The molecule has 0 bridgehead atoms. The van der Waals surface area contributed by atoms with Gasteiger partial charge in [-0.05, 0) is 24.6 Å². The van der Waals surface area contributed by atoms with Gasteiger partial charge >= 0.3 is 0 Å². The summed E-state index contributed by atoms with van der Waals surface area (Å²) < 4.78 is 10.0. The van der Waals surface area contributed by atoms with E-state index in [0.717, 1.165) is 6.42 Å². The maximum absolute atomic E-state index is 12.5. The van der Waals surface area contributed by atoms with Crippen molar-refractivity contribution in [3.63, 3.8) is 0 Å². The molecule has 0 heterocycles. The Labute approximate surface area is 119 Å². The van der Waals surface area contributed by atoms with Crippen molar-refractivity contribution in [1.82, 2.24) is 4.90 Å². The van der Waals surface area contributed by atoms with Crippen LogP contribution in [0.15, 0.2) is 18.2 Å². The van der Waals surface area contributed by atoms with Crippen LogP contribution >= 0.6 is 0 Å². The number of hydrogen-bond donors (Lipinski definition) is 2. The topological polar surface area (TPSA) is 90.8 Å². The summed E-state index contributed by atoms with van der Waals surface area (Å²) in [5.41, 5.74) is 12.9. The molecular formula is C14H23N3O3. The van der Waals surface area contributed by atoms with E-state index < -0.39 is 0 Å². The first-order valence-corrected chi connectivity index (χ1v) is 6.51. The number of carbonyl (C=O) groups is 1. The van der Waals surface area contributed by atoms with Gasteiger partial charge in [0, 0.05) is 50.9 Å². The third-order valence-corrected chi connectivity index (χ3v) is 2.85. The van der Waals surface area contributed by atoms with Gasteiger partial charge in [0.25, 0.3) is 5.91 Å². The van der Waals surface area contributed by atoms with E-state index in [4.69, 9.17) is 20.9 Å². The summed E-state index contributed by atoms with van der Waals surface area (Å²) in [7, 11) is 3.25. The number of anilines is 2. The van der Waals surface area contributed by atoms with Gasteiger partial charge in [-0.1, -0.05) is 0 Å². The van der Waals surface area contributed by atoms with Crippen molar-refractivity contribution < 1.29 is 14.3 Å². The Morgan fingerprint density at radius 1 is 1.05 bits per heavy atom. The SMILES string of the molecule is COCCCN(CCOC)C(=O)c1cc(N)cc(N)c1. The van der Waals surface area contributed by atoms with Crippen molar-refractivity contribution in [2.45, 2.75) is 6.42 Å².